The SMILES string of the molecule is CC(C)c1c(C(=O)NNC(=O)c2cc(-c3cccs3)nc3ccccc23)cnn1-c1ccccn1. The van der Waals surface area contributed by atoms with E-state index in [9.17, 15) is 9.59 Å². The first kappa shape index (κ1) is 22.4. The molecule has 9 heteroatoms. The number of benzene rings is 1. The minimum Gasteiger partial charge on any atom is -0.267 e. The van der Waals surface area contributed by atoms with Gasteiger partial charge in [-0.25, -0.2) is 14.6 Å². The molecule has 0 saturated heterocycles. The van der Waals surface area contributed by atoms with Crippen molar-refractivity contribution in [3.05, 3.63) is 95.3 Å². The minimum absolute atomic E-state index is 0.00606. The Balaban J connectivity index is 1.42. The summed E-state index contributed by atoms with van der Waals surface area (Å²) < 4.78 is 1.64. The number of hydrogen-bond acceptors (Lipinski definition) is 6. The molecule has 5 aromatic rings. The van der Waals surface area contributed by atoms with Crippen molar-refractivity contribution in [1.29, 1.82) is 0 Å². The molecule has 0 spiro atoms. The van der Waals surface area contributed by atoms with Crippen molar-refractivity contribution >= 4 is 34.1 Å². The zero-order chi connectivity index (χ0) is 24.4. The molecule has 0 atom stereocenters. The van der Waals surface area contributed by atoms with Crippen molar-refractivity contribution in [3.63, 3.8) is 0 Å². The lowest BCUT2D eigenvalue weighted by Crippen LogP contribution is -2.42. The van der Waals surface area contributed by atoms with Gasteiger partial charge in [0.2, 0.25) is 0 Å². The van der Waals surface area contributed by atoms with Crippen LogP contribution in [0.4, 0.5) is 0 Å². The van der Waals surface area contributed by atoms with Crippen LogP contribution in [0, 0.1) is 0 Å². The van der Waals surface area contributed by atoms with Crippen LogP contribution < -0.4 is 10.9 Å². The van der Waals surface area contributed by atoms with Crippen LogP contribution >= 0.6 is 11.3 Å². The van der Waals surface area contributed by atoms with E-state index in [1.165, 1.54) is 6.20 Å². The predicted octanol–water partition coefficient (Wildman–Crippen LogP) is 4.74. The molecule has 4 heterocycles. The van der Waals surface area contributed by atoms with Gasteiger partial charge in [0.1, 0.15) is 0 Å². The van der Waals surface area contributed by atoms with Gasteiger partial charge < -0.3 is 0 Å². The molecule has 8 nitrogen and oxygen atoms in total. The number of carbonyl (C=O) groups excluding carboxylic acids is 2. The molecule has 5 rings (SSSR count). The maximum Gasteiger partial charge on any atom is 0.273 e. The standard InChI is InChI=1S/C26H22N6O2S/c1-16(2)24-19(15-28-32(24)23-11-5-6-12-27-23)26(34)31-30-25(33)18-14-21(22-10-7-13-35-22)29-20-9-4-3-8-17(18)20/h3-16H,1-2H3,(H,30,33)(H,31,34). The Morgan fingerprint density at radius 1 is 0.943 bits per heavy atom. The maximum atomic E-state index is 13.2. The molecule has 2 amide bonds. The highest BCUT2D eigenvalue weighted by atomic mass is 32.1. The number of rotatable bonds is 5. The number of hydrogen-bond donors (Lipinski definition) is 2. The number of thiophene rings is 1. The Bertz CT molecular complexity index is 1510. The molecule has 0 aliphatic carbocycles. The summed E-state index contributed by atoms with van der Waals surface area (Å²) in [6, 6.07) is 18.6. The molecule has 0 saturated carbocycles. The lowest BCUT2D eigenvalue weighted by Gasteiger charge is -2.13. The lowest BCUT2D eigenvalue weighted by molar-refractivity contribution is 0.0847. The molecule has 0 aliphatic heterocycles. The van der Waals surface area contributed by atoms with E-state index in [4.69, 9.17) is 4.98 Å². The van der Waals surface area contributed by atoms with Crippen LogP contribution in [0.3, 0.4) is 0 Å². The highest BCUT2D eigenvalue weighted by Gasteiger charge is 2.22. The average molecular weight is 483 g/mol. The monoisotopic (exact) mass is 482 g/mol. The second-order valence-corrected chi connectivity index (χ2v) is 9.10. The predicted molar refractivity (Wildman–Crippen MR) is 135 cm³/mol. The van der Waals surface area contributed by atoms with E-state index in [-0.39, 0.29) is 5.92 Å². The van der Waals surface area contributed by atoms with Crippen LogP contribution in [-0.2, 0) is 0 Å². The zero-order valence-electron chi connectivity index (χ0n) is 19.1. The molecule has 0 fully saturated rings. The number of para-hydroxylation sites is 1. The van der Waals surface area contributed by atoms with Crippen molar-refractivity contribution < 1.29 is 9.59 Å². The molecule has 0 unspecified atom stereocenters. The van der Waals surface area contributed by atoms with E-state index in [1.807, 2.05) is 73.8 Å². The quantitative estimate of drug-likeness (QED) is 0.352. The Morgan fingerprint density at radius 3 is 2.43 bits per heavy atom. The highest BCUT2D eigenvalue weighted by Crippen LogP contribution is 2.28. The average Bonchev–Trinajstić information content (AvgIpc) is 3.58. The van der Waals surface area contributed by atoms with Crippen LogP contribution in [0.2, 0.25) is 0 Å². The number of hydrazine groups is 1. The van der Waals surface area contributed by atoms with E-state index < -0.39 is 11.8 Å². The Labute approximate surface area is 205 Å². The fourth-order valence-corrected chi connectivity index (χ4v) is 4.60. The number of aromatic nitrogens is 4. The molecule has 0 aliphatic rings. The summed E-state index contributed by atoms with van der Waals surface area (Å²) in [6.07, 6.45) is 3.16. The zero-order valence-corrected chi connectivity index (χ0v) is 19.9. The van der Waals surface area contributed by atoms with Gasteiger partial charge in [0.05, 0.1) is 39.1 Å². The van der Waals surface area contributed by atoms with E-state index >= 15 is 0 Å². The van der Waals surface area contributed by atoms with E-state index in [0.29, 0.717) is 39.2 Å². The summed E-state index contributed by atoms with van der Waals surface area (Å²) >= 11 is 1.55. The van der Waals surface area contributed by atoms with Gasteiger partial charge >= 0.3 is 0 Å². The van der Waals surface area contributed by atoms with Crippen molar-refractivity contribution in [1.82, 2.24) is 30.6 Å². The molecule has 0 radical (unpaired) electrons. The molecule has 4 aromatic heterocycles. The highest BCUT2D eigenvalue weighted by molar-refractivity contribution is 7.13. The number of pyridine rings is 2. The van der Waals surface area contributed by atoms with Gasteiger partial charge in [-0.2, -0.15) is 5.10 Å². The first-order valence-corrected chi connectivity index (χ1v) is 11.9. The molecule has 35 heavy (non-hydrogen) atoms. The Morgan fingerprint density at radius 2 is 1.71 bits per heavy atom. The number of carbonyl (C=O) groups is 2. The molecule has 2 N–H and O–H groups in total. The molecule has 0 bridgehead atoms. The Kier molecular flexibility index (Phi) is 6.07. The summed E-state index contributed by atoms with van der Waals surface area (Å²) in [5, 5.41) is 7.03. The first-order chi connectivity index (χ1) is 17.0. The fourth-order valence-electron chi connectivity index (χ4n) is 3.91. The van der Waals surface area contributed by atoms with E-state index in [0.717, 1.165) is 4.88 Å². The first-order valence-electron chi connectivity index (χ1n) is 11.1. The third-order valence-corrected chi connectivity index (χ3v) is 6.38. The number of nitrogens with one attached hydrogen (secondary N) is 2. The van der Waals surface area contributed by atoms with Crippen LogP contribution in [-0.4, -0.2) is 31.6 Å². The molecule has 1 aromatic carbocycles. The normalized spacial score (nSPS) is 11.1. The van der Waals surface area contributed by atoms with Crippen molar-refractivity contribution in [2.24, 2.45) is 0 Å². The fraction of sp³-hybridized carbons (Fsp3) is 0.115. The third kappa shape index (κ3) is 4.41. The molecular weight excluding hydrogens is 460 g/mol. The number of amides is 2. The third-order valence-electron chi connectivity index (χ3n) is 5.49. The lowest BCUT2D eigenvalue weighted by atomic mass is 10.1. The Hall–Kier alpha value is -4.37. The molecule has 174 valence electrons. The summed E-state index contributed by atoms with van der Waals surface area (Å²) in [4.78, 5) is 36.2. The van der Waals surface area contributed by atoms with Crippen molar-refractivity contribution in [2.75, 3.05) is 0 Å². The second-order valence-electron chi connectivity index (χ2n) is 8.16. The van der Waals surface area contributed by atoms with Crippen LogP contribution in [0.15, 0.2) is 78.4 Å². The van der Waals surface area contributed by atoms with E-state index in [2.05, 4.69) is 20.9 Å². The van der Waals surface area contributed by atoms with Gasteiger partial charge in [-0.05, 0) is 41.6 Å². The van der Waals surface area contributed by atoms with E-state index in [1.54, 1.807) is 28.3 Å². The van der Waals surface area contributed by atoms with Crippen LogP contribution in [0.5, 0.6) is 0 Å². The summed E-state index contributed by atoms with van der Waals surface area (Å²) in [7, 11) is 0. The topological polar surface area (TPSA) is 102 Å². The largest absolute Gasteiger partial charge is 0.273 e. The van der Waals surface area contributed by atoms with Crippen molar-refractivity contribution in [2.45, 2.75) is 19.8 Å². The van der Waals surface area contributed by atoms with Crippen molar-refractivity contribution in [3.8, 4) is 16.4 Å². The second kappa shape index (κ2) is 9.47. The van der Waals surface area contributed by atoms with Crippen LogP contribution in [0.1, 0.15) is 46.2 Å². The van der Waals surface area contributed by atoms with Gasteiger partial charge in [0.15, 0.2) is 5.82 Å². The van der Waals surface area contributed by atoms with Gasteiger partial charge in [0, 0.05) is 11.6 Å². The number of nitrogens with zero attached hydrogens (tertiary/aromatic N) is 4. The van der Waals surface area contributed by atoms with Gasteiger partial charge in [-0.1, -0.05) is 44.2 Å². The minimum atomic E-state index is -0.457. The summed E-state index contributed by atoms with van der Waals surface area (Å²) in [5.41, 5.74) is 8.00. The van der Waals surface area contributed by atoms with Crippen LogP contribution in [0.25, 0.3) is 27.3 Å². The maximum absolute atomic E-state index is 13.2. The summed E-state index contributed by atoms with van der Waals surface area (Å²) in [6.45, 7) is 3.95. The summed E-state index contributed by atoms with van der Waals surface area (Å²) in [5.74, 6) is -0.281. The smallest absolute Gasteiger partial charge is 0.267 e. The van der Waals surface area contributed by atoms with Gasteiger partial charge in [-0.3, -0.25) is 20.4 Å². The molecular formula is C26H22N6O2S. The van der Waals surface area contributed by atoms with Gasteiger partial charge in [-0.15, -0.1) is 11.3 Å². The van der Waals surface area contributed by atoms with Gasteiger partial charge in [0.25, 0.3) is 11.8 Å². The number of fused-ring (bicyclic) bond motifs is 1.